The van der Waals surface area contributed by atoms with Crippen LogP contribution in [-0.4, -0.2) is 14.8 Å². The van der Waals surface area contributed by atoms with Gasteiger partial charge in [0.25, 0.3) is 0 Å². The molecule has 16 heavy (non-hydrogen) atoms. The van der Waals surface area contributed by atoms with E-state index >= 15 is 0 Å². The molecule has 0 radical (unpaired) electrons. The van der Waals surface area contributed by atoms with Crippen LogP contribution in [0.25, 0.3) is 10.1 Å². The minimum atomic E-state index is 0.679. The summed E-state index contributed by atoms with van der Waals surface area (Å²) >= 11 is 8.02. The molecule has 2 aromatic heterocycles. The summed E-state index contributed by atoms with van der Waals surface area (Å²) in [5.74, 6) is 0. The van der Waals surface area contributed by atoms with Crippen LogP contribution in [0.1, 0.15) is 4.88 Å². The highest BCUT2D eigenvalue weighted by Crippen LogP contribution is 2.35. The Labute approximate surface area is 101 Å². The van der Waals surface area contributed by atoms with Crippen LogP contribution in [0.3, 0.4) is 0 Å². The molecule has 3 nitrogen and oxygen atoms in total. The first-order chi connectivity index (χ1) is 7.84. The largest absolute Gasteiger partial charge is 0.248 e. The maximum absolute atomic E-state index is 6.32. The molecule has 80 valence electrons. The van der Waals surface area contributed by atoms with Crippen molar-refractivity contribution in [3.63, 3.8) is 0 Å². The van der Waals surface area contributed by atoms with Gasteiger partial charge in [0.05, 0.1) is 11.6 Å². The number of hydrogen-bond donors (Lipinski definition) is 0. The lowest BCUT2D eigenvalue weighted by Gasteiger charge is -1.97. The number of rotatable bonds is 2. The average Bonchev–Trinajstić information content (AvgIpc) is 2.90. The van der Waals surface area contributed by atoms with Crippen molar-refractivity contribution < 1.29 is 0 Å². The molecule has 0 atom stereocenters. The molecule has 0 aliphatic carbocycles. The van der Waals surface area contributed by atoms with E-state index in [2.05, 4.69) is 16.1 Å². The van der Waals surface area contributed by atoms with Crippen molar-refractivity contribution in [1.82, 2.24) is 14.8 Å². The Bertz CT molecular complexity index is 615. The second-order valence-electron chi connectivity index (χ2n) is 3.43. The van der Waals surface area contributed by atoms with Crippen molar-refractivity contribution in [3.8, 4) is 0 Å². The van der Waals surface area contributed by atoms with Gasteiger partial charge in [-0.25, -0.2) is 9.67 Å². The Balaban J connectivity index is 2.07. The van der Waals surface area contributed by atoms with Gasteiger partial charge < -0.3 is 0 Å². The van der Waals surface area contributed by atoms with Crippen molar-refractivity contribution in [2.24, 2.45) is 0 Å². The first-order valence-electron chi connectivity index (χ1n) is 4.83. The van der Waals surface area contributed by atoms with Crippen molar-refractivity contribution in [3.05, 3.63) is 46.8 Å². The number of benzene rings is 1. The summed E-state index contributed by atoms with van der Waals surface area (Å²) in [4.78, 5) is 5.03. The quantitative estimate of drug-likeness (QED) is 0.698. The SMILES string of the molecule is Clc1c(Cn2cncn2)sc2ccccc12. The van der Waals surface area contributed by atoms with Gasteiger partial charge in [-0.1, -0.05) is 29.8 Å². The van der Waals surface area contributed by atoms with Crippen LogP contribution in [-0.2, 0) is 6.54 Å². The molecular weight excluding hydrogens is 242 g/mol. The highest BCUT2D eigenvalue weighted by molar-refractivity contribution is 7.19. The molecule has 0 N–H and O–H groups in total. The van der Waals surface area contributed by atoms with Gasteiger partial charge in [0.1, 0.15) is 12.7 Å². The van der Waals surface area contributed by atoms with E-state index in [1.807, 2.05) is 18.2 Å². The molecule has 1 aromatic carbocycles. The summed E-state index contributed by atoms with van der Waals surface area (Å²) in [6.45, 7) is 0.679. The third-order valence-electron chi connectivity index (χ3n) is 2.37. The fourth-order valence-corrected chi connectivity index (χ4v) is 3.11. The Morgan fingerprint density at radius 2 is 2.19 bits per heavy atom. The van der Waals surface area contributed by atoms with Crippen LogP contribution >= 0.6 is 22.9 Å². The summed E-state index contributed by atoms with van der Waals surface area (Å²) in [6, 6.07) is 8.14. The Morgan fingerprint density at radius 3 is 2.94 bits per heavy atom. The molecular formula is C11H8ClN3S. The lowest BCUT2D eigenvalue weighted by molar-refractivity contribution is 0.693. The maximum atomic E-state index is 6.32. The van der Waals surface area contributed by atoms with Gasteiger partial charge in [0, 0.05) is 15.0 Å². The second-order valence-corrected chi connectivity index (χ2v) is 4.94. The van der Waals surface area contributed by atoms with Crippen LogP contribution < -0.4 is 0 Å². The predicted octanol–water partition coefficient (Wildman–Crippen LogP) is 3.19. The van der Waals surface area contributed by atoms with Gasteiger partial charge in [-0.05, 0) is 6.07 Å². The average molecular weight is 250 g/mol. The van der Waals surface area contributed by atoms with Crippen LogP contribution in [0.2, 0.25) is 5.02 Å². The molecule has 0 saturated heterocycles. The molecule has 5 heteroatoms. The van der Waals surface area contributed by atoms with Gasteiger partial charge >= 0.3 is 0 Å². The van der Waals surface area contributed by atoms with E-state index in [0.29, 0.717) is 6.54 Å². The van der Waals surface area contributed by atoms with Gasteiger partial charge in [0.2, 0.25) is 0 Å². The summed E-state index contributed by atoms with van der Waals surface area (Å²) in [5.41, 5.74) is 0. The molecule has 0 fully saturated rings. The number of nitrogens with zero attached hydrogens (tertiary/aromatic N) is 3. The highest BCUT2D eigenvalue weighted by Gasteiger charge is 2.10. The standard InChI is InChI=1S/C11H8ClN3S/c12-11-8-3-1-2-4-9(8)16-10(11)5-15-7-13-6-14-15/h1-4,6-7H,5H2. The normalized spacial score (nSPS) is 11.1. The number of hydrogen-bond acceptors (Lipinski definition) is 3. The van der Waals surface area contributed by atoms with Crippen LogP contribution in [0, 0.1) is 0 Å². The van der Waals surface area contributed by atoms with E-state index in [9.17, 15) is 0 Å². The molecule has 0 amide bonds. The molecule has 0 aliphatic rings. The third-order valence-corrected chi connectivity index (χ3v) is 4.07. The third kappa shape index (κ3) is 1.60. The van der Waals surface area contributed by atoms with Gasteiger partial charge in [0.15, 0.2) is 0 Å². The fourth-order valence-electron chi connectivity index (χ4n) is 1.63. The van der Waals surface area contributed by atoms with Gasteiger partial charge in [-0.3, -0.25) is 0 Å². The molecule has 0 saturated carbocycles. The summed E-state index contributed by atoms with van der Waals surface area (Å²) in [5, 5.41) is 6.02. The van der Waals surface area contributed by atoms with Crippen LogP contribution in [0.15, 0.2) is 36.9 Å². The number of aromatic nitrogens is 3. The Kier molecular flexibility index (Phi) is 2.38. The number of fused-ring (bicyclic) bond motifs is 1. The second kappa shape index (κ2) is 3.88. The van der Waals surface area contributed by atoms with Crippen molar-refractivity contribution in [2.75, 3.05) is 0 Å². The Morgan fingerprint density at radius 1 is 1.31 bits per heavy atom. The minimum Gasteiger partial charge on any atom is -0.248 e. The monoisotopic (exact) mass is 249 g/mol. The lowest BCUT2D eigenvalue weighted by atomic mass is 10.2. The minimum absolute atomic E-state index is 0.679. The summed E-state index contributed by atoms with van der Waals surface area (Å²) < 4.78 is 2.99. The first-order valence-corrected chi connectivity index (χ1v) is 6.02. The van der Waals surface area contributed by atoms with Crippen molar-refractivity contribution in [2.45, 2.75) is 6.54 Å². The topological polar surface area (TPSA) is 30.7 Å². The van der Waals surface area contributed by atoms with E-state index in [1.165, 1.54) is 11.0 Å². The van der Waals surface area contributed by atoms with Crippen molar-refractivity contribution in [1.29, 1.82) is 0 Å². The first kappa shape index (κ1) is 9.81. The molecule has 0 unspecified atom stereocenters. The van der Waals surface area contributed by atoms with E-state index in [1.54, 1.807) is 22.3 Å². The van der Waals surface area contributed by atoms with Crippen LogP contribution in [0.4, 0.5) is 0 Å². The van der Waals surface area contributed by atoms with Gasteiger partial charge in [-0.15, -0.1) is 11.3 Å². The van der Waals surface area contributed by atoms with E-state index < -0.39 is 0 Å². The Hall–Kier alpha value is -1.39. The molecule has 2 heterocycles. The zero-order valence-electron chi connectivity index (χ0n) is 8.30. The number of thiophene rings is 1. The summed E-state index contributed by atoms with van der Waals surface area (Å²) in [6.07, 6.45) is 3.22. The van der Waals surface area contributed by atoms with E-state index in [0.717, 1.165) is 15.3 Å². The maximum Gasteiger partial charge on any atom is 0.137 e. The zero-order chi connectivity index (χ0) is 11.0. The molecule has 0 bridgehead atoms. The van der Waals surface area contributed by atoms with Crippen molar-refractivity contribution >= 4 is 33.0 Å². The fraction of sp³-hybridized carbons (Fsp3) is 0.0909. The number of halogens is 1. The molecule has 0 aliphatic heterocycles. The zero-order valence-corrected chi connectivity index (χ0v) is 9.87. The smallest absolute Gasteiger partial charge is 0.137 e. The molecule has 0 spiro atoms. The van der Waals surface area contributed by atoms with E-state index in [-0.39, 0.29) is 0 Å². The lowest BCUT2D eigenvalue weighted by Crippen LogP contribution is -1.97. The van der Waals surface area contributed by atoms with E-state index in [4.69, 9.17) is 11.6 Å². The highest BCUT2D eigenvalue weighted by atomic mass is 35.5. The van der Waals surface area contributed by atoms with Gasteiger partial charge in [-0.2, -0.15) is 5.10 Å². The summed E-state index contributed by atoms with van der Waals surface area (Å²) in [7, 11) is 0. The predicted molar refractivity (Wildman–Crippen MR) is 66.0 cm³/mol. The molecule has 3 aromatic rings. The van der Waals surface area contributed by atoms with Crippen LogP contribution in [0.5, 0.6) is 0 Å². The molecule has 3 rings (SSSR count).